The average Bonchev–Trinajstić information content (AvgIpc) is 2.74. The molecule has 1 saturated heterocycles. The Morgan fingerprint density at radius 3 is 2.28 bits per heavy atom. The van der Waals surface area contributed by atoms with Gasteiger partial charge in [0.2, 0.25) is 5.91 Å². The molecular weight excluding hydrogens is 371 g/mol. The molecule has 29 heavy (non-hydrogen) atoms. The van der Waals surface area contributed by atoms with Crippen LogP contribution >= 0.6 is 0 Å². The molecule has 2 amide bonds. The molecule has 0 aliphatic carbocycles. The Bertz CT molecular complexity index is 833. The van der Waals surface area contributed by atoms with Gasteiger partial charge >= 0.3 is 0 Å². The number of hydrogen-bond donors (Lipinski definition) is 0. The number of carbonyl (C=O) groups is 2. The van der Waals surface area contributed by atoms with Crippen LogP contribution in [0.1, 0.15) is 24.0 Å². The second kappa shape index (κ2) is 10.0. The number of amides is 2. The van der Waals surface area contributed by atoms with Gasteiger partial charge in [0.05, 0.1) is 0 Å². The minimum atomic E-state index is -0.328. The number of rotatable bonds is 7. The third-order valence-electron chi connectivity index (χ3n) is 5.17. The summed E-state index contributed by atoms with van der Waals surface area (Å²) in [7, 11) is 0. The Balaban J connectivity index is 1.37. The van der Waals surface area contributed by atoms with Crippen LogP contribution in [0.15, 0.2) is 48.5 Å². The van der Waals surface area contributed by atoms with Crippen molar-refractivity contribution in [1.29, 1.82) is 0 Å². The van der Waals surface area contributed by atoms with Gasteiger partial charge in [-0.05, 0) is 49.1 Å². The zero-order valence-corrected chi connectivity index (χ0v) is 16.8. The summed E-state index contributed by atoms with van der Waals surface area (Å²) in [5.74, 6) is 0.203. The van der Waals surface area contributed by atoms with E-state index in [1.54, 1.807) is 11.8 Å². The predicted molar refractivity (Wildman–Crippen MR) is 109 cm³/mol. The van der Waals surface area contributed by atoms with Gasteiger partial charge in [-0.1, -0.05) is 30.3 Å². The van der Waals surface area contributed by atoms with Gasteiger partial charge in [-0.3, -0.25) is 9.59 Å². The first kappa shape index (κ1) is 20.8. The third kappa shape index (κ3) is 6.04. The maximum Gasteiger partial charge on any atom is 0.260 e. The number of aryl methyl sites for hydroxylation is 2. The summed E-state index contributed by atoms with van der Waals surface area (Å²) >= 11 is 0. The van der Waals surface area contributed by atoms with Crippen molar-refractivity contribution >= 4 is 11.8 Å². The van der Waals surface area contributed by atoms with E-state index >= 15 is 0 Å². The van der Waals surface area contributed by atoms with Gasteiger partial charge in [-0.2, -0.15) is 0 Å². The van der Waals surface area contributed by atoms with E-state index in [9.17, 15) is 14.0 Å². The quantitative estimate of drug-likeness (QED) is 0.720. The first-order valence-electron chi connectivity index (χ1n) is 10.0. The van der Waals surface area contributed by atoms with Crippen molar-refractivity contribution < 1.29 is 18.7 Å². The second-order valence-corrected chi connectivity index (χ2v) is 7.30. The normalized spacial score (nSPS) is 14.0. The lowest BCUT2D eigenvalue weighted by Crippen LogP contribution is -2.51. The lowest BCUT2D eigenvalue weighted by Gasteiger charge is -2.34. The molecule has 0 aromatic heterocycles. The SMILES string of the molecule is Cc1cc(F)ccc1OCC(=O)N1CCN(C(=O)CCCc2ccccc2)CC1. The van der Waals surface area contributed by atoms with E-state index in [4.69, 9.17) is 4.74 Å². The molecule has 2 aromatic rings. The lowest BCUT2D eigenvalue weighted by molar-refractivity contribution is -0.140. The molecule has 2 aromatic carbocycles. The van der Waals surface area contributed by atoms with Gasteiger partial charge in [0, 0.05) is 32.6 Å². The van der Waals surface area contributed by atoms with Crippen molar-refractivity contribution in [1.82, 2.24) is 9.80 Å². The first-order valence-corrected chi connectivity index (χ1v) is 10.0. The van der Waals surface area contributed by atoms with Crippen LogP contribution in [-0.4, -0.2) is 54.4 Å². The van der Waals surface area contributed by atoms with Gasteiger partial charge in [0.15, 0.2) is 6.61 Å². The van der Waals surface area contributed by atoms with Gasteiger partial charge < -0.3 is 14.5 Å². The van der Waals surface area contributed by atoms with Crippen LogP contribution in [0.2, 0.25) is 0 Å². The van der Waals surface area contributed by atoms with Crippen molar-refractivity contribution in [3.8, 4) is 5.75 Å². The molecule has 0 N–H and O–H groups in total. The molecule has 1 aliphatic rings. The Kier molecular flexibility index (Phi) is 7.22. The fourth-order valence-electron chi connectivity index (χ4n) is 3.46. The van der Waals surface area contributed by atoms with E-state index < -0.39 is 0 Å². The van der Waals surface area contributed by atoms with Crippen molar-refractivity contribution in [2.24, 2.45) is 0 Å². The Morgan fingerprint density at radius 1 is 0.966 bits per heavy atom. The van der Waals surface area contributed by atoms with E-state index in [-0.39, 0.29) is 24.2 Å². The average molecular weight is 398 g/mol. The highest BCUT2D eigenvalue weighted by Crippen LogP contribution is 2.18. The zero-order valence-electron chi connectivity index (χ0n) is 16.8. The molecule has 5 nitrogen and oxygen atoms in total. The molecule has 0 atom stereocenters. The number of nitrogens with zero attached hydrogens (tertiary/aromatic N) is 2. The summed E-state index contributed by atoms with van der Waals surface area (Å²) in [6.45, 7) is 3.77. The topological polar surface area (TPSA) is 49.9 Å². The fraction of sp³-hybridized carbons (Fsp3) is 0.391. The monoisotopic (exact) mass is 398 g/mol. The zero-order chi connectivity index (χ0) is 20.6. The molecule has 6 heteroatoms. The molecular formula is C23H27FN2O3. The molecule has 0 spiro atoms. The summed E-state index contributed by atoms with van der Waals surface area (Å²) in [5.41, 5.74) is 1.90. The van der Waals surface area contributed by atoms with Crippen molar-refractivity contribution in [3.63, 3.8) is 0 Å². The molecule has 1 heterocycles. The second-order valence-electron chi connectivity index (χ2n) is 7.30. The molecule has 1 fully saturated rings. The number of benzene rings is 2. The molecule has 0 saturated carbocycles. The van der Waals surface area contributed by atoms with E-state index in [0.29, 0.717) is 43.9 Å². The molecule has 0 unspecified atom stereocenters. The van der Waals surface area contributed by atoms with E-state index in [2.05, 4.69) is 12.1 Å². The van der Waals surface area contributed by atoms with Gasteiger partial charge in [-0.25, -0.2) is 4.39 Å². The number of piperazine rings is 1. The lowest BCUT2D eigenvalue weighted by atomic mass is 10.1. The van der Waals surface area contributed by atoms with E-state index in [1.807, 2.05) is 23.1 Å². The number of carbonyl (C=O) groups excluding carboxylic acids is 2. The minimum Gasteiger partial charge on any atom is -0.483 e. The smallest absolute Gasteiger partial charge is 0.260 e. The van der Waals surface area contributed by atoms with Gasteiger partial charge in [0.25, 0.3) is 5.91 Å². The maximum absolute atomic E-state index is 13.1. The van der Waals surface area contributed by atoms with Crippen LogP contribution in [0.4, 0.5) is 4.39 Å². The Labute approximate surface area is 171 Å². The van der Waals surface area contributed by atoms with E-state index in [1.165, 1.54) is 23.8 Å². The van der Waals surface area contributed by atoms with Crippen LogP contribution in [0.5, 0.6) is 5.75 Å². The highest BCUT2D eigenvalue weighted by atomic mass is 19.1. The molecule has 3 rings (SSSR count). The molecule has 154 valence electrons. The minimum absolute atomic E-state index is 0.0858. The highest BCUT2D eigenvalue weighted by molar-refractivity contribution is 5.79. The summed E-state index contributed by atoms with van der Waals surface area (Å²) in [6, 6.07) is 14.4. The fourth-order valence-corrected chi connectivity index (χ4v) is 3.46. The summed E-state index contributed by atoms with van der Waals surface area (Å²) < 4.78 is 18.7. The number of hydrogen-bond acceptors (Lipinski definition) is 3. The van der Waals surface area contributed by atoms with Crippen molar-refractivity contribution in [2.75, 3.05) is 32.8 Å². The summed E-state index contributed by atoms with van der Waals surface area (Å²) in [6.07, 6.45) is 2.24. The molecule has 0 bridgehead atoms. The third-order valence-corrected chi connectivity index (χ3v) is 5.17. The maximum atomic E-state index is 13.1. The van der Waals surface area contributed by atoms with E-state index in [0.717, 1.165) is 12.8 Å². The van der Waals surface area contributed by atoms with Gasteiger partial charge in [0.1, 0.15) is 11.6 Å². The molecule has 0 radical (unpaired) electrons. The highest BCUT2D eigenvalue weighted by Gasteiger charge is 2.24. The predicted octanol–water partition coefficient (Wildman–Crippen LogP) is 3.21. The number of ether oxygens (including phenoxy) is 1. The summed E-state index contributed by atoms with van der Waals surface area (Å²) in [5, 5.41) is 0. The van der Waals surface area contributed by atoms with Crippen LogP contribution in [-0.2, 0) is 16.0 Å². The van der Waals surface area contributed by atoms with Crippen molar-refractivity contribution in [2.45, 2.75) is 26.2 Å². The standard InChI is InChI=1S/C23H27FN2O3/c1-18-16-20(24)10-11-21(18)29-17-23(28)26-14-12-25(13-15-26)22(27)9-5-8-19-6-3-2-4-7-19/h2-4,6-7,10-11,16H,5,8-9,12-15,17H2,1H3. The van der Waals surface area contributed by atoms with Crippen LogP contribution in [0, 0.1) is 12.7 Å². The van der Waals surface area contributed by atoms with Crippen LogP contribution < -0.4 is 4.74 Å². The Hall–Kier alpha value is -2.89. The largest absolute Gasteiger partial charge is 0.483 e. The van der Waals surface area contributed by atoms with Crippen molar-refractivity contribution in [3.05, 3.63) is 65.5 Å². The number of halogens is 1. The van der Waals surface area contributed by atoms with Crippen LogP contribution in [0.3, 0.4) is 0 Å². The van der Waals surface area contributed by atoms with Gasteiger partial charge in [-0.15, -0.1) is 0 Å². The Morgan fingerprint density at radius 2 is 1.62 bits per heavy atom. The summed E-state index contributed by atoms with van der Waals surface area (Å²) in [4.78, 5) is 28.3. The first-order chi connectivity index (χ1) is 14.0. The molecule has 1 aliphatic heterocycles. The van der Waals surface area contributed by atoms with Crippen LogP contribution in [0.25, 0.3) is 0 Å².